The number of sulfonamides is 1. The molecule has 0 heterocycles. The molecule has 2 aromatic rings. The highest BCUT2D eigenvalue weighted by molar-refractivity contribution is 7.92. The molecule has 1 N–H and O–H groups in total. The number of hydrogen-bond donors (Lipinski definition) is 1. The third-order valence-electron chi connectivity index (χ3n) is 6.55. The number of rotatable bonds is 10. The molecule has 7 nitrogen and oxygen atoms in total. The van der Waals surface area contributed by atoms with Crippen molar-refractivity contribution in [3.63, 3.8) is 0 Å². The summed E-state index contributed by atoms with van der Waals surface area (Å²) in [7, 11) is -3.95. The van der Waals surface area contributed by atoms with Crippen LogP contribution in [0.2, 0.25) is 20.1 Å². The molecule has 38 heavy (non-hydrogen) atoms. The molecule has 1 saturated carbocycles. The minimum absolute atomic E-state index is 0.0215. The van der Waals surface area contributed by atoms with Crippen molar-refractivity contribution in [1.82, 2.24) is 10.2 Å². The Hall–Kier alpha value is -1.71. The Morgan fingerprint density at radius 1 is 0.974 bits per heavy atom. The first-order valence-electron chi connectivity index (χ1n) is 12.4. The summed E-state index contributed by atoms with van der Waals surface area (Å²) in [5.41, 5.74) is 0.638. The predicted molar refractivity (Wildman–Crippen MR) is 155 cm³/mol. The summed E-state index contributed by atoms with van der Waals surface area (Å²) >= 11 is 24.9. The number of carbonyl (C=O) groups is 2. The Labute approximate surface area is 244 Å². The van der Waals surface area contributed by atoms with E-state index < -0.39 is 28.5 Å². The van der Waals surface area contributed by atoms with Crippen LogP contribution in [0.4, 0.5) is 5.69 Å². The molecule has 3 rings (SSSR count). The Kier molecular flexibility index (Phi) is 11.0. The molecule has 0 saturated heterocycles. The molecule has 1 atom stereocenters. The van der Waals surface area contributed by atoms with Gasteiger partial charge < -0.3 is 10.2 Å². The van der Waals surface area contributed by atoms with Gasteiger partial charge >= 0.3 is 0 Å². The summed E-state index contributed by atoms with van der Waals surface area (Å²) in [6, 6.07) is 8.42. The van der Waals surface area contributed by atoms with Crippen LogP contribution in [0.3, 0.4) is 0 Å². The largest absolute Gasteiger partial charge is 0.352 e. The molecule has 0 radical (unpaired) electrons. The molecule has 1 unspecified atom stereocenters. The minimum Gasteiger partial charge on any atom is -0.352 e. The Balaban J connectivity index is 1.97. The molecule has 1 aliphatic carbocycles. The lowest BCUT2D eigenvalue weighted by molar-refractivity contribution is -0.140. The minimum atomic E-state index is -3.95. The van der Waals surface area contributed by atoms with Gasteiger partial charge in [0, 0.05) is 27.7 Å². The second-order valence-electron chi connectivity index (χ2n) is 9.39. The molecule has 2 amide bonds. The van der Waals surface area contributed by atoms with E-state index >= 15 is 0 Å². The first-order valence-corrected chi connectivity index (χ1v) is 15.7. The zero-order chi connectivity index (χ0) is 28.0. The van der Waals surface area contributed by atoms with E-state index in [1.165, 1.54) is 23.1 Å². The highest BCUT2D eigenvalue weighted by atomic mass is 35.5. The van der Waals surface area contributed by atoms with Crippen molar-refractivity contribution < 1.29 is 18.0 Å². The molecule has 0 bridgehead atoms. The van der Waals surface area contributed by atoms with E-state index in [4.69, 9.17) is 46.4 Å². The summed E-state index contributed by atoms with van der Waals surface area (Å²) in [5, 5.41) is 4.22. The van der Waals surface area contributed by atoms with Crippen molar-refractivity contribution in [2.45, 2.75) is 64.1 Å². The zero-order valence-electron chi connectivity index (χ0n) is 21.2. The summed E-state index contributed by atoms with van der Waals surface area (Å²) in [6.45, 7) is 1.20. The quantitative estimate of drug-likeness (QED) is 0.336. The van der Waals surface area contributed by atoms with Gasteiger partial charge in [-0.3, -0.25) is 13.9 Å². The van der Waals surface area contributed by atoms with E-state index in [0.717, 1.165) is 42.7 Å². The van der Waals surface area contributed by atoms with Gasteiger partial charge in [-0.1, -0.05) is 78.7 Å². The van der Waals surface area contributed by atoms with Crippen LogP contribution in [0.1, 0.15) is 51.0 Å². The van der Waals surface area contributed by atoms with Crippen LogP contribution in [0.25, 0.3) is 0 Å². The van der Waals surface area contributed by atoms with Gasteiger partial charge in [0.15, 0.2) is 0 Å². The zero-order valence-corrected chi connectivity index (χ0v) is 25.1. The lowest BCUT2D eigenvalue weighted by Crippen LogP contribution is -2.54. The number of hydrogen-bond acceptors (Lipinski definition) is 4. The highest BCUT2D eigenvalue weighted by Gasteiger charge is 2.33. The highest BCUT2D eigenvalue weighted by Crippen LogP contribution is 2.31. The maximum Gasteiger partial charge on any atom is 0.244 e. The van der Waals surface area contributed by atoms with E-state index in [0.29, 0.717) is 22.0 Å². The van der Waals surface area contributed by atoms with Gasteiger partial charge in [-0.2, -0.15) is 0 Å². The lowest BCUT2D eigenvalue weighted by Gasteiger charge is -2.34. The van der Waals surface area contributed by atoms with Gasteiger partial charge in [-0.25, -0.2) is 8.42 Å². The fourth-order valence-corrected chi connectivity index (χ4v) is 6.33. The van der Waals surface area contributed by atoms with Gasteiger partial charge in [-0.05, 0) is 55.2 Å². The van der Waals surface area contributed by atoms with E-state index in [-0.39, 0.29) is 34.2 Å². The average Bonchev–Trinajstić information content (AvgIpc) is 2.85. The monoisotopic (exact) mass is 621 g/mol. The van der Waals surface area contributed by atoms with Crippen molar-refractivity contribution >= 4 is 73.9 Å². The van der Waals surface area contributed by atoms with Crippen molar-refractivity contribution in [2.24, 2.45) is 0 Å². The van der Waals surface area contributed by atoms with Crippen molar-refractivity contribution in [1.29, 1.82) is 0 Å². The van der Waals surface area contributed by atoms with Crippen LogP contribution in [0, 0.1) is 0 Å². The number of nitrogens with one attached hydrogen (secondary N) is 1. The SMILES string of the molecule is CCC(C(=O)NC1CCCCC1)N(Cc1ccc(Cl)cc1Cl)C(=O)CN(c1cc(Cl)ccc1Cl)S(C)(=O)=O. The van der Waals surface area contributed by atoms with E-state index in [2.05, 4.69) is 5.32 Å². The summed E-state index contributed by atoms with van der Waals surface area (Å²) in [5.74, 6) is -0.882. The summed E-state index contributed by atoms with van der Waals surface area (Å²) < 4.78 is 26.5. The first-order chi connectivity index (χ1) is 17.9. The van der Waals surface area contributed by atoms with Crippen LogP contribution in [0.5, 0.6) is 0 Å². The third kappa shape index (κ3) is 8.15. The number of halogens is 4. The van der Waals surface area contributed by atoms with E-state index in [1.54, 1.807) is 25.1 Å². The van der Waals surface area contributed by atoms with Gasteiger partial charge in [0.05, 0.1) is 17.0 Å². The van der Waals surface area contributed by atoms with Gasteiger partial charge in [0.2, 0.25) is 21.8 Å². The molecule has 2 aromatic carbocycles. The fourth-order valence-electron chi connectivity index (χ4n) is 4.57. The molecule has 1 aliphatic rings. The molecule has 12 heteroatoms. The van der Waals surface area contributed by atoms with Crippen LogP contribution >= 0.6 is 46.4 Å². The molecular formula is C26H31Cl4N3O4S. The number of benzene rings is 2. The topological polar surface area (TPSA) is 86.8 Å². The van der Waals surface area contributed by atoms with E-state index in [1.807, 2.05) is 0 Å². The molecule has 0 aromatic heterocycles. The Morgan fingerprint density at radius 2 is 1.61 bits per heavy atom. The number of amides is 2. The van der Waals surface area contributed by atoms with Gasteiger partial charge in [0.1, 0.15) is 12.6 Å². The average molecular weight is 623 g/mol. The number of nitrogens with zero attached hydrogens (tertiary/aromatic N) is 2. The smallest absolute Gasteiger partial charge is 0.244 e. The Bertz CT molecular complexity index is 1270. The fraction of sp³-hybridized carbons (Fsp3) is 0.462. The third-order valence-corrected chi connectivity index (χ3v) is 8.82. The molecular weight excluding hydrogens is 592 g/mol. The first kappa shape index (κ1) is 30.8. The van der Waals surface area contributed by atoms with Crippen molar-refractivity contribution in [3.05, 3.63) is 62.1 Å². The lowest BCUT2D eigenvalue weighted by atomic mass is 9.95. The normalized spacial score (nSPS) is 15.1. The number of anilines is 1. The second-order valence-corrected chi connectivity index (χ2v) is 13.0. The maximum absolute atomic E-state index is 13.8. The van der Waals surface area contributed by atoms with Gasteiger partial charge in [-0.15, -0.1) is 0 Å². The summed E-state index contributed by atoms with van der Waals surface area (Å²) in [4.78, 5) is 28.6. The van der Waals surface area contributed by atoms with Crippen LogP contribution in [-0.4, -0.2) is 50.0 Å². The summed E-state index contributed by atoms with van der Waals surface area (Å²) in [6.07, 6.45) is 6.26. The molecule has 1 fully saturated rings. The maximum atomic E-state index is 13.8. The predicted octanol–water partition coefficient (Wildman–Crippen LogP) is 6.32. The van der Waals surface area contributed by atoms with Gasteiger partial charge in [0.25, 0.3) is 0 Å². The van der Waals surface area contributed by atoms with Crippen molar-refractivity contribution in [3.8, 4) is 0 Å². The van der Waals surface area contributed by atoms with Crippen LogP contribution < -0.4 is 9.62 Å². The van der Waals surface area contributed by atoms with Crippen molar-refractivity contribution in [2.75, 3.05) is 17.1 Å². The number of carbonyl (C=O) groups excluding carboxylic acids is 2. The Morgan fingerprint density at radius 3 is 2.21 bits per heavy atom. The molecule has 0 spiro atoms. The molecule has 0 aliphatic heterocycles. The second kappa shape index (κ2) is 13.6. The molecule has 208 valence electrons. The van der Waals surface area contributed by atoms with Crippen LogP contribution in [0.15, 0.2) is 36.4 Å². The van der Waals surface area contributed by atoms with Crippen LogP contribution in [-0.2, 0) is 26.2 Å². The van der Waals surface area contributed by atoms with E-state index in [9.17, 15) is 18.0 Å². The standard InChI is InChI=1S/C26H31Cl4N3O4S/c1-3-23(26(35)31-20-7-5-4-6-8-20)32(15-17-9-10-18(27)13-22(17)30)25(34)16-33(38(2,36)37)24-14-19(28)11-12-21(24)29/h9-14,20,23H,3-8,15-16H2,1-2H3,(H,31,35).